The number of rotatable bonds is 9. The van der Waals surface area contributed by atoms with Gasteiger partial charge in [0, 0.05) is 36.8 Å². The molecule has 0 spiro atoms. The minimum atomic E-state index is -0.652. The summed E-state index contributed by atoms with van der Waals surface area (Å²) < 4.78 is 18.0. The van der Waals surface area contributed by atoms with E-state index in [1.54, 1.807) is 0 Å². The minimum Gasteiger partial charge on any atom is -0.448 e. The Morgan fingerprint density at radius 2 is 1.82 bits per heavy atom. The van der Waals surface area contributed by atoms with Crippen molar-refractivity contribution in [3.63, 3.8) is 0 Å². The van der Waals surface area contributed by atoms with E-state index in [4.69, 9.17) is 13.9 Å². The molecule has 10 nitrogen and oxygen atoms in total. The van der Waals surface area contributed by atoms with Crippen molar-refractivity contribution in [2.75, 3.05) is 35.6 Å². The number of nitrogens with zero attached hydrogens (tertiary/aromatic N) is 2. The van der Waals surface area contributed by atoms with Gasteiger partial charge in [-0.2, -0.15) is 0 Å². The Labute approximate surface area is 257 Å². The summed E-state index contributed by atoms with van der Waals surface area (Å²) in [5, 5.41) is 9.98. The second-order valence-corrected chi connectivity index (χ2v) is 12.9. The summed E-state index contributed by atoms with van der Waals surface area (Å²) in [6.07, 6.45) is 6.87. The molecule has 2 unspecified atom stereocenters. The molecule has 0 bridgehead atoms. The van der Waals surface area contributed by atoms with E-state index in [0.717, 1.165) is 55.5 Å². The second-order valence-electron chi connectivity index (χ2n) is 12.9. The molecule has 1 saturated heterocycles. The lowest BCUT2D eigenvalue weighted by Crippen LogP contribution is -2.54. The number of aryl methyl sites for hydroxylation is 1. The van der Waals surface area contributed by atoms with E-state index in [-0.39, 0.29) is 35.8 Å². The van der Waals surface area contributed by atoms with Gasteiger partial charge in [-0.05, 0) is 88.6 Å². The van der Waals surface area contributed by atoms with Crippen LogP contribution in [0.3, 0.4) is 0 Å². The lowest BCUT2D eigenvalue weighted by atomic mass is 9.86. The van der Waals surface area contributed by atoms with Gasteiger partial charge in [-0.1, -0.05) is 18.2 Å². The number of carbonyl (C=O) groups excluding carboxylic acids is 2. The fraction of sp³-hybridized carbons (Fsp3) is 0.500. The first kappa shape index (κ1) is 28.9. The van der Waals surface area contributed by atoms with Crippen LogP contribution in [0.25, 0.3) is 0 Å². The number of hydrogen-bond acceptors (Lipinski definition) is 8. The van der Waals surface area contributed by atoms with Crippen molar-refractivity contribution in [2.24, 2.45) is 0 Å². The second kappa shape index (κ2) is 11.6. The topological polar surface area (TPSA) is 118 Å². The fourth-order valence-electron chi connectivity index (χ4n) is 6.81. The number of oxazole rings is 1. The van der Waals surface area contributed by atoms with Crippen molar-refractivity contribution in [2.45, 2.75) is 89.3 Å². The Morgan fingerprint density at radius 3 is 2.61 bits per heavy atom. The summed E-state index contributed by atoms with van der Waals surface area (Å²) in [5.41, 5.74) is 5.38. The van der Waals surface area contributed by atoms with E-state index in [0.29, 0.717) is 42.7 Å². The van der Waals surface area contributed by atoms with Crippen molar-refractivity contribution >= 4 is 28.9 Å². The molecule has 2 amide bonds. The smallest absolute Gasteiger partial charge is 0.277 e. The van der Waals surface area contributed by atoms with E-state index in [9.17, 15) is 9.59 Å². The van der Waals surface area contributed by atoms with Crippen molar-refractivity contribution in [1.29, 1.82) is 0 Å². The van der Waals surface area contributed by atoms with Crippen LogP contribution in [0.4, 0.5) is 17.1 Å². The van der Waals surface area contributed by atoms with Crippen LogP contribution in [0.5, 0.6) is 0 Å². The van der Waals surface area contributed by atoms with Crippen LogP contribution in [-0.4, -0.2) is 65.4 Å². The zero-order valence-electron chi connectivity index (χ0n) is 25.7. The van der Waals surface area contributed by atoms with E-state index in [2.05, 4.69) is 40.0 Å². The molecule has 10 heteroatoms. The number of amides is 2. The highest BCUT2D eigenvalue weighted by molar-refractivity contribution is 6.06. The Kier molecular flexibility index (Phi) is 7.58. The molecule has 0 radical (unpaired) electrons. The molecule has 2 saturated carbocycles. The average molecular weight is 600 g/mol. The van der Waals surface area contributed by atoms with Gasteiger partial charge in [0.05, 0.1) is 23.5 Å². The lowest BCUT2D eigenvalue weighted by Gasteiger charge is -2.41. The van der Waals surface area contributed by atoms with Gasteiger partial charge in [0.1, 0.15) is 12.4 Å². The number of ether oxygens (including phenoxy) is 2. The van der Waals surface area contributed by atoms with E-state index in [1.807, 2.05) is 43.0 Å². The highest BCUT2D eigenvalue weighted by Gasteiger charge is 2.50. The number of nitrogens with one attached hydrogen (secondary N) is 3. The zero-order valence-corrected chi connectivity index (χ0v) is 25.7. The maximum absolute atomic E-state index is 14.1. The summed E-state index contributed by atoms with van der Waals surface area (Å²) in [4.78, 5) is 33.8. The molecule has 7 rings (SSSR count). The third-order valence-corrected chi connectivity index (χ3v) is 9.18. The average Bonchev–Trinajstić information content (AvgIpc) is 3.63. The van der Waals surface area contributed by atoms with Crippen LogP contribution in [0.1, 0.15) is 89.7 Å². The number of fused-ring (bicyclic) bond motifs is 2. The van der Waals surface area contributed by atoms with Crippen molar-refractivity contribution in [3.05, 3.63) is 70.9 Å². The zero-order chi connectivity index (χ0) is 30.4. The third kappa shape index (κ3) is 5.80. The van der Waals surface area contributed by atoms with Gasteiger partial charge in [-0.3, -0.25) is 9.59 Å². The van der Waals surface area contributed by atoms with E-state index < -0.39 is 5.79 Å². The number of hydrogen-bond donors (Lipinski definition) is 3. The SMILES string of the molecule is Cc1ccccc1NCCNc1cc2c(cc1NC(=O)c1coc(C3CC3)n1)C(=O)N(C1CCCC3OC(C)(C)O[C@@H]31)CC2. The number of carbonyl (C=O) groups is 2. The molecule has 2 aliphatic heterocycles. The summed E-state index contributed by atoms with van der Waals surface area (Å²) >= 11 is 0. The molecule has 3 heterocycles. The summed E-state index contributed by atoms with van der Waals surface area (Å²) in [6, 6.07) is 11.9. The molecule has 232 valence electrons. The maximum atomic E-state index is 14.1. The summed E-state index contributed by atoms with van der Waals surface area (Å²) in [5.74, 6) is -0.136. The Hall–Kier alpha value is -3.89. The molecular formula is C34H41N5O5. The summed E-state index contributed by atoms with van der Waals surface area (Å²) in [6.45, 7) is 7.87. The van der Waals surface area contributed by atoms with Gasteiger partial charge in [-0.15, -0.1) is 0 Å². The van der Waals surface area contributed by atoms with Gasteiger partial charge in [0.15, 0.2) is 17.4 Å². The largest absolute Gasteiger partial charge is 0.448 e. The van der Waals surface area contributed by atoms with Crippen LogP contribution >= 0.6 is 0 Å². The third-order valence-electron chi connectivity index (χ3n) is 9.18. The van der Waals surface area contributed by atoms with Crippen LogP contribution in [-0.2, 0) is 15.9 Å². The number of benzene rings is 2. The molecule has 3 atom stereocenters. The molecule has 2 aliphatic carbocycles. The van der Waals surface area contributed by atoms with E-state index in [1.165, 1.54) is 11.8 Å². The first-order chi connectivity index (χ1) is 21.3. The predicted octanol–water partition coefficient (Wildman–Crippen LogP) is 5.71. The van der Waals surface area contributed by atoms with Gasteiger partial charge in [0.25, 0.3) is 11.8 Å². The minimum absolute atomic E-state index is 0.00403. The van der Waals surface area contributed by atoms with Crippen molar-refractivity contribution in [1.82, 2.24) is 9.88 Å². The van der Waals surface area contributed by atoms with Gasteiger partial charge in [0.2, 0.25) is 0 Å². The normalized spacial score (nSPS) is 24.0. The van der Waals surface area contributed by atoms with Crippen LogP contribution in [0, 0.1) is 6.92 Å². The highest BCUT2D eigenvalue weighted by Crippen LogP contribution is 2.41. The van der Waals surface area contributed by atoms with Crippen molar-refractivity contribution < 1.29 is 23.5 Å². The number of para-hydroxylation sites is 1. The number of aromatic nitrogens is 1. The first-order valence-corrected chi connectivity index (χ1v) is 15.9. The Balaban J connectivity index is 1.12. The molecule has 3 N–H and O–H groups in total. The Morgan fingerprint density at radius 1 is 1.02 bits per heavy atom. The van der Waals surface area contributed by atoms with Crippen LogP contribution in [0.15, 0.2) is 47.1 Å². The van der Waals surface area contributed by atoms with Crippen LogP contribution < -0.4 is 16.0 Å². The monoisotopic (exact) mass is 599 g/mol. The maximum Gasteiger partial charge on any atom is 0.277 e. The molecule has 3 fully saturated rings. The number of anilines is 3. The molecule has 2 aromatic carbocycles. The van der Waals surface area contributed by atoms with Crippen molar-refractivity contribution in [3.8, 4) is 0 Å². The Bertz CT molecular complexity index is 1560. The standard InChI is InChI=1S/C34H41N5O5/c1-20-7-4-5-8-24(20)35-14-15-36-25-17-22-13-16-39(28-9-6-10-29-30(28)44-34(2,3)43-29)33(41)23(22)18-26(25)37-31(40)27-19-42-32(38-27)21-11-12-21/h4-5,7-8,17-19,21,28-30,35-36H,6,9-16H2,1-3H3,(H,37,40)/t28?,29?,30-/m1/s1. The van der Waals surface area contributed by atoms with Gasteiger partial charge in [-0.25, -0.2) is 4.98 Å². The summed E-state index contributed by atoms with van der Waals surface area (Å²) in [7, 11) is 0. The molecular weight excluding hydrogens is 558 g/mol. The molecule has 4 aliphatic rings. The molecule has 1 aromatic heterocycles. The first-order valence-electron chi connectivity index (χ1n) is 15.9. The predicted molar refractivity (Wildman–Crippen MR) is 167 cm³/mol. The highest BCUT2D eigenvalue weighted by atomic mass is 16.8. The van der Waals surface area contributed by atoms with E-state index >= 15 is 0 Å². The van der Waals surface area contributed by atoms with Gasteiger partial charge < -0.3 is 34.7 Å². The lowest BCUT2D eigenvalue weighted by molar-refractivity contribution is -0.149. The quantitative estimate of drug-likeness (QED) is 0.268. The van der Waals surface area contributed by atoms with Gasteiger partial charge >= 0.3 is 0 Å². The van der Waals surface area contributed by atoms with Crippen LogP contribution in [0.2, 0.25) is 0 Å². The molecule has 44 heavy (non-hydrogen) atoms. The fourth-order valence-corrected chi connectivity index (χ4v) is 6.81. The molecule has 3 aromatic rings.